The second-order valence-corrected chi connectivity index (χ2v) is 6.56. The molecule has 0 fully saturated rings. The Morgan fingerprint density at radius 3 is 1.41 bits per heavy atom. The Labute approximate surface area is 111 Å². The van der Waals surface area contributed by atoms with Gasteiger partial charge in [0.25, 0.3) is 0 Å². The second kappa shape index (κ2) is 9.00. The van der Waals surface area contributed by atoms with Crippen molar-refractivity contribution < 1.29 is 0 Å². The van der Waals surface area contributed by atoms with Crippen LogP contribution in [0.2, 0.25) is 0 Å². The first-order chi connectivity index (χ1) is 7.96. The van der Waals surface area contributed by atoms with Gasteiger partial charge in [-0.2, -0.15) is 0 Å². The summed E-state index contributed by atoms with van der Waals surface area (Å²) in [6.45, 7) is 16.7. The van der Waals surface area contributed by atoms with Crippen molar-refractivity contribution >= 4 is 0 Å². The van der Waals surface area contributed by atoms with Gasteiger partial charge in [0.05, 0.1) is 0 Å². The van der Waals surface area contributed by atoms with Gasteiger partial charge in [-0.3, -0.25) is 0 Å². The molecule has 0 heteroatoms. The zero-order valence-corrected chi connectivity index (χ0v) is 13.4. The summed E-state index contributed by atoms with van der Waals surface area (Å²) in [5.74, 6) is 4.54. The molecule has 0 aromatic carbocycles. The summed E-state index contributed by atoms with van der Waals surface area (Å²) in [4.78, 5) is 0. The number of hydrogen-bond donors (Lipinski definition) is 0. The summed E-state index contributed by atoms with van der Waals surface area (Å²) in [5.41, 5.74) is 0. The van der Waals surface area contributed by atoms with Gasteiger partial charge in [0, 0.05) is 0 Å². The fourth-order valence-corrected chi connectivity index (χ4v) is 3.26. The van der Waals surface area contributed by atoms with Gasteiger partial charge in [0.15, 0.2) is 0 Å². The minimum atomic E-state index is 0.850. The van der Waals surface area contributed by atoms with Gasteiger partial charge in [0.2, 0.25) is 0 Å². The van der Waals surface area contributed by atoms with Crippen molar-refractivity contribution in [3.63, 3.8) is 0 Å². The zero-order chi connectivity index (χ0) is 13.4. The zero-order valence-electron chi connectivity index (χ0n) is 13.4. The van der Waals surface area contributed by atoms with Crippen molar-refractivity contribution in [2.24, 2.45) is 29.6 Å². The fraction of sp³-hybridized carbons (Fsp3) is 1.00. The third kappa shape index (κ3) is 6.48. The molecule has 4 unspecified atom stereocenters. The van der Waals surface area contributed by atoms with E-state index < -0.39 is 0 Å². The van der Waals surface area contributed by atoms with Gasteiger partial charge in [-0.05, 0) is 42.4 Å². The Hall–Kier alpha value is 0. The van der Waals surface area contributed by atoms with Gasteiger partial charge in [-0.25, -0.2) is 0 Å². The molecule has 17 heavy (non-hydrogen) atoms. The van der Waals surface area contributed by atoms with Crippen LogP contribution < -0.4 is 0 Å². The molecule has 0 rings (SSSR count). The van der Waals surface area contributed by atoms with Crippen LogP contribution in [0.4, 0.5) is 0 Å². The summed E-state index contributed by atoms with van der Waals surface area (Å²) >= 11 is 0. The summed E-state index contributed by atoms with van der Waals surface area (Å²) in [7, 11) is 0. The molecule has 0 heterocycles. The molecular weight excluding hydrogens is 204 g/mol. The van der Waals surface area contributed by atoms with Crippen molar-refractivity contribution in [2.75, 3.05) is 0 Å². The highest BCUT2D eigenvalue weighted by Crippen LogP contribution is 2.33. The van der Waals surface area contributed by atoms with Gasteiger partial charge in [0.1, 0.15) is 0 Å². The minimum absolute atomic E-state index is 0.850. The van der Waals surface area contributed by atoms with E-state index in [4.69, 9.17) is 0 Å². The summed E-state index contributed by atoms with van der Waals surface area (Å²) in [6, 6.07) is 0. The smallest absolute Gasteiger partial charge is 0.0388 e. The van der Waals surface area contributed by atoms with E-state index in [1.807, 2.05) is 0 Å². The van der Waals surface area contributed by atoms with Gasteiger partial charge in [-0.1, -0.05) is 67.7 Å². The van der Waals surface area contributed by atoms with E-state index in [0.717, 1.165) is 29.6 Å². The molecule has 0 aliphatic rings. The Morgan fingerprint density at radius 1 is 0.588 bits per heavy atom. The van der Waals surface area contributed by atoms with E-state index in [-0.39, 0.29) is 0 Å². The van der Waals surface area contributed by atoms with Crippen LogP contribution in [0.1, 0.15) is 80.6 Å². The Balaban J connectivity index is 4.35. The maximum atomic E-state index is 2.47. The normalized spacial score (nSPS) is 19.1. The summed E-state index contributed by atoms with van der Waals surface area (Å²) < 4.78 is 0. The molecule has 0 aromatic rings. The molecule has 4 atom stereocenters. The minimum Gasteiger partial charge on any atom is -0.0651 e. The third-order valence-electron chi connectivity index (χ3n) is 4.75. The van der Waals surface area contributed by atoms with E-state index in [1.54, 1.807) is 0 Å². The largest absolute Gasteiger partial charge is 0.0651 e. The van der Waals surface area contributed by atoms with E-state index in [9.17, 15) is 0 Å². The molecule has 0 spiro atoms. The quantitative estimate of drug-likeness (QED) is 0.453. The Bertz CT molecular complexity index is 171. The molecule has 0 nitrogen and oxygen atoms in total. The van der Waals surface area contributed by atoms with E-state index in [2.05, 4.69) is 48.5 Å². The van der Waals surface area contributed by atoms with Crippen molar-refractivity contribution in [3.8, 4) is 0 Å². The average molecular weight is 240 g/mol. The molecule has 0 amide bonds. The van der Waals surface area contributed by atoms with Crippen molar-refractivity contribution in [1.82, 2.24) is 0 Å². The SMILES string of the molecule is CCC(C)C(CC)CC(CC)C(C)CC(C)C. The standard InChI is InChI=1S/C17H36/c1-8-14(6)16(9-2)12-17(10-3)15(7)11-13(4)5/h13-17H,8-12H2,1-7H3. The molecule has 0 bridgehead atoms. The maximum Gasteiger partial charge on any atom is -0.0388 e. The van der Waals surface area contributed by atoms with Crippen molar-refractivity contribution in [1.29, 1.82) is 0 Å². The Morgan fingerprint density at radius 2 is 1.06 bits per heavy atom. The second-order valence-electron chi connectivity index (χ2n) is 6.56. The van der Waals surface area contributed by atoms with E-state index in [1.165, 1.54) is 32.1 Å². The van der Waals surface area contributed by atoms with Crippen LogP contribution in [0.25, 0.3) is 0 Å². The van der Waals surface area contributed by atoms with E-state index >= 15 is 0 Å². The maximum absolute atomic E-state index is 2.47. The molecular formula is C17H36. The number of hydrogen-bond acceptors (Lipinski definition) is 0. The fourth-order valence-electron chi connectivity index (χ4n) is 3.26. The van der Waals surface area contributed by atoms with Crippen molar-refractivity contribution in [2.45, 2.75) is 80.6 Å². The molecule has 0 N–H and O–H groups in total. The predicted octanol–water partition coefficient (Wildman–Crippen LogP) is 6.16. The molecule has 0 radical (unpaired) electrons. The van der Waals surface area contributed by atoms with Gasteiger partial charge < -0.3 is 0 Å². The van der Waals surface area contributed by atoms with Crippen LogP contribution in [0.5, 0.6) is 0 Å². The molecule has 0 aromatic heterocycles. The highest BCUT2D eigenvalue weighted by Gasteiger charge is 2.22. The molecule has 0 aliphatic heterocycles. The van der Waals surface area contributed by atoms with Crippen LogP contribution in [0.15, 0.2) is 0 Å². The van der Waals surface area contributed by atoms with Crippen LogP contribution in [-0.2, 0) is 0 Å². The van der Waals surface area contributed by atoms with Crippen LogP contribution >= 0.6 is 0 Å². The average Bonchev–Trinajstić information content (AvgIpc) is 2.28. The van der Waals surface area contributed by atoms with Crippen molar-refractivity contribution in [3.05, 3.63) is 0 Å². The highest BCUT2D eigenvalue weighted by atomic mass is 14.3. The third-order valence-corrected chi connectivity index (χ3v) is 4.75. The summed E-state index contributed by atoms with van der Waals surface area (Å²) in [5, 5.41) is 0. The first-order valence-corrected chi connectivity index (χ1v) is 7.96. The van der Waals surface area contributed by atoms with Gasteiger partial charge >= 0.3 is 0 Å². The predicted molar refractivity (Wildman–Crippen MR) is 80.3 cm³/mol. The molecule has 0 saturated carbocycles. The monoisotopic (exact) mass is 240 g/mol. The lowest BCUT2D eigenvalue weighted by Crippen LogP contribution is -2.20. The van der Waals surface area contributed by atoms with Crippen LogP contribution in [-0.4, -0.2) is 0 Å². The number of rotatable bonds is 9. The highest BCUT2D eigenvalue weighted by molar-refractivity contribution is 4.73. The first-order valence-electron chi connectivity index (χ1n) is 7.96. The lowest BCUT2D eigenvalue weighted by Gasteiger charge is -2.30. The molecule has 104 valence electrons. The lowest BCUT2D eigenvalue weighted by atomic mass is 9.75. The van der Waals surface area contributed by atoms with Gasteiger partial charge in [-0.15, -0.1) is 0 Å². The first kappa shape index (κ1) is 17.0. The summed E-state index contributed by atoms with van der Waals surface area (Å²) in [6.07, 6.45) is 6.92. The van der Waals surface area contributed by atoms with Crippen LogP contribution in [0.3, 0.4) is 0 Å². The van der Waals surface area contributed by atoms with E-state index in [0.29, 0.717) is 0 Å². The lowest BCUT2D eigenvalue weighted by molar-refractivity contribution is 0.202. The molecule has 0 saturated heterocycles. The molecule has 0 aliphatic carbocycles. The topological polar surface area (TPSA) is 0 Å². The van der Waals surface area contributed by atoms with Crippen LogP contribution in [0, 0.1) is 29.6 Å². The Kier molecular flexibility index (Phi) is 9.00.